The lowest BCUT2D eigenvalue weighted by molar-refractivity contribution is 0.0832. The average molecular weight is 491 g/mol. The molecule has 1 N–H and O–H groups in total. The third-order valence-corrected chi connectivity index (χ3v) is 6.52. The number of nitrogens with one attached hydrogen (secondary N) is 1. The van der Waals surface area contributed by atoms with Gasteiger partial charge in [-0.1, -0.05) is 54.1 Å². The summed E-state index contributed by atoms with van der Waals surface area (Å²) in [4.78, 5) is 18.7. The van der Waals surface area contributed by atoms with Gasteiger partial charge in [-0.05, 0) is 53.4 Å². The topological polar surface area (TPSA) is 63.8 Å². The number of halogens is 1. The molecule has 2 heterocycles. The lowest BCUT2D eigenvalue weighted by Gasteiger charge is -2.35. The first-order chi connectivity index (χ1) is 17.1. The van der Waals surface area contributed by atoms with Gasteiger partial charge < -0.3 is 19.2 Å². The lowest BCUT2D eigenvalue weighted by Crippen LogP contribution is -2.40. The minimum Gasteiger partial charge on any atom is -0.491 e. The molecule has 6 nitrogen and oxygen atoms in total. The van der Waals surface area contributed by atoms with E-state index < -0.39 is 0 Å². The van der Waals surface area contributed by atoms with Crippen LogP contribution in [0.15, 0.2) is 72.8 Å². The number of aromatic amines is 1. The van der Waals surface area contributed by atoms with Crippen LogP contribution in [0.1, 0.15) is 28.4 Å². The van der Waals surface area contributed by atoms with Crippen LogP contribution in [0.4, 0.5) is 4.79 Å². The van der Waals surface area contributed by atoms with E-state index in [9.17, 15) is 4.79 Å². The predicted molar refractivity (Wildman–Crippen MR) is 136 cm³/mol. The van der Waals surface area contributed by atoms with Crippen molar-refractivity contribution in [2.24, 2.45) is 0 Å². The van der Waals surface area contributed by atoms with E-state index in [0.29, 0.717) is 31.2 Å². The number of hydrogen-bond donors (Lipinski definition) is 1. The van der Waals surface area contributed by atoms with E-state index in [2.05, 4.69) is 4.98 Å². The summed E-state index contributed by atoms with van der Waals surface area (Å²) in [6.45, 7) is 1.76. The summed E-state index contributed by atoms with van der Waals surface area (Å²) >= 11 is 6.30. The summed E-state index contributed by atoms with van der Waals surface area (Å²) in [6, 6.07) is 23.1. The van der Waals surface area contributed by atoms with Gasteiger partial charge in [-0.3, -0.25) is 4.90 Å². The Bertz CT molecular complexity index is 1300. The Morgan fingerprint density at radius 3 is 2.63 bits per heavy atom. The molecule has 4 aromatic rings. The second kappa shape index (κ2) is 10.4. The molecule has 180 valence electrons. The van der Waals surface area contributed by atoms with Crippen molar-refractivity contribution in [3.05, 3.63) is 100 Å². The highest BCUT2D eigenvalue weighted by atomic mass is 35.5. The molecule has 0 saturated carbocycles. The summed E-state index contributed by atoms with van der Waals surface area (Å²) in [5.74, 6) is 0.753. The van der Waals surface area contributed by atoms with Crippen molar-refractivity contribution in [3.63, 3.8) is 0 Å². The molecule has 1 aromatic heterocycles. The first kappa shape index (κ1) is 23.3. The van der Waals surface area contributed by atoms with E-state index in [1.807, 2.05) is 72.8 Å². The van der Waals surface area contributed by atoms with Crippen LogP contribution in [0.25, 0.3) is 10.9 Å². The van der Waals surface area contributed by atoms with Crippen molar-refractivity contribution in [2.45, 2.75) is 19.1 Å². The number of amides is 1. The van der Waals surface area contributed by atoms with E-state index in [0.717, 1.165) is 33.5 Å². The number of H-pyrrole nitrogens is 1. The van der Waals surface area contributed by atoms with Crippen LogP contribution in [-0.4, -0.2) is 42.8 Å². The summed E-state index contributed by atoms with van der Waals surface area (Å²) in [5.41, 5.74) is 5.09. The van der Waals surface area contributed by atoms with Crippen LogP contribution in [-0.2, 0) is 22.5 Å². The number of carbonyl (C=O) groups excluding carboxylic acids is 1. The van der Waals surface area contributed by atoms with Gasteiger partial charge in [0, 0.05) is 35.3 Å². The summed E-state index contributed by atoms with van der Waals surface area (Å²) < 4.78 is 16.5. The zero-order valence-corrected chi connectivity index (χ0v) is 20.3. The number of rotatable bonds is 7. The van der Waals surface area contributed by atoms with Gasteiger partial charge in [0.1, 0.15) is 25.0 Å². The molecule has 5 rings (SSSR count). The van der Waals surface area contributed by atoms with Gasteiger partial charge in [-0.15, -0.1) is 0 Å². The number of nitrogens with zero attached hydrogens (tertiary/aromatic N) is 1. The summed E-state index contributed by atoms with van der Waals surface area (Å²) in [7, 11) is 1.64. The molecular formula is C28H27ClN2O4. The number of carbonyl (C=O) groups is 1. The third kappa shape index (κ3) is 4.99. The van der Waals surface area contributed by atoms with Gasteiger partial charge in [-0.25, -0.2) is 4.79 Å². The molecule has 0 spiro atoms. The van der Waals surface area contributed by atoms with Crippen molar-refractivity contribution >= 4 is 28.6 Å². The fraction of sp³-hybridized carbons (Fsp3) is 0.250. The van der Waals surface area contributed by atoms with Crippen molar-refractivity contribution in [3.8, 4) is 5.75 Å². The van der Waals surface area contributed by atoms with Gasteiger partial charge in [0.2, 0.25) is 0 Å². The molecular weight excluding hydrogens is 464 g/mol. The summed E-state index contributed by atoms with van der Waals surface area (Å²) in [6.07, 6.45) is 0.367. The lowest BCUT2D eigenvalue weighted by atomic mass is 9.92. The Kier molecular flexibility index (Phi) is 6.93. The van der Waals surface area contributed by atoms with Crippen LogP contribution < -0.4 is 4.74 Å². The monoisotopic (exact) mass is 490 g/mol. The molecule has 1 atom stereocenters. The molecule has 0 radical (unpaired) electrons. The van der Waals surface area contributed by atoms with Gasteiger partial charge in [0.25, 0.3) is 0 Å². The second-order valence-electron chi connectivity index (χ2n) is 8.50. The van der Waals surface area contributed by atoms with Crippen molar-refractivity contribution < 1.29 is 19.0 Å². The highest BCUT2D eigenvalue weighted by molar-refractivity contribution is 6.31. The predicted octanol–water partition coefficient (Wildman–Crippen LogP) is 6.13. The second-order valence-corrected chi connectivity index (χ2v) is 8.94. The third-order valence-electron chi connectivity index (χ3n) is 6.28. The number of fused-ring (bicyclic) bond motifs is 3. The molecule has 0 fully saturated rings. The van der Waals surface area contributed by atoms with Crippen molar-refractivity contribution in [1.29, 1.82) is 0 Å². The highest BCUT2D eigenvalue weighted by Crippen LogP contribution is 2.39. The normalized spacial score (nSPS) is 15.1. The van der Waals surface area contributed by atoms with E-state index >= 15 is 0 Å². The van der Waals surface area contributed by atoms with Crippen molar-refractivity contribution in [1.82, 2.24) is 9.88 Å². The van der Waals surface area contributed by atoms with Crippen LogP contribution in [0.2, 0.25) is 5.02 Å². The van der Waals surface area contributed by atoms with Gasteiger partial charge in [0.05, 0.1) is 6.61 Å². The standard InChI is InChI=1S/C28H27ClN2O4/c1-33-15-16-34-22-10-7-20(8-11-22)27-26-23(24-17-21(29)9-12-25(24)30-26)13-14-31(27)28(32)35-18-19-5-3-2-4-6-19/h2-12,17,27,30H,13-16,18H2,1H3. The number of aromatic nitrogens is 1. The number of hydrogen-bond acceptors (Lipinski definition) is 4. The Hall–Kier alpha value is -3.48. The number of ether oxygens (including phenoxy) is 3. The molecule has 3 aromatic carbocycles. The maximum Gasteiger partial charge on any atom is 0.410 e. The number of methoxy groups -OCH3 is 1. The quantitative estimate of drug-likeness (QED) is 0.316. The minimum atomic E-state index is -0.346. The van der Waals surface area contributed by atoms with E-state index in [-0.39, 0.29) is 18.7 Å². The molecule has 1 unspecified atom stereocenters. The summed E-state index contributed by atoms with van der Waals surface area (Å²) in [5, 5.41) is 1.78. The molecule has 7 heteroatoms. The maximum atomic E-state index is 13.3. The molecule has 35 heavy (non-hydrogen) atoms. The smallest absolute Gasteiger partial charge is 0.410 e. The average Bonchev–Trinajstić information content (AvgIpc) is 3.26. The molecule has 0 saturated heterocycles. The van der Waals surface area contributed by atoms with Crippen LogP contribution in [0.3, 0.4) is 0 Å². The Balaban J connectivity index is 1.47. The first-order valence-corrected chi connectivity index (χ1v) is 12.0. The van der Waals surface area contributed by atoms with E-state index in [4.69, 9.17) is 25.8 Å². The largest absolute Gasteiger partial charge is 0.491 e. The molecule has 1 amide bonds. The Morgan fingerprint density at radius 2 is 1.86 bits per heavy atom. The van der Waals surface area contributed by atoms with E-state index in [1.165, 1.54) is 5.56 Å². The molecule has 1 aliphatic rings. The van der Waals surface area contributed by atoms with Gasteiger partial charge in [-0.2, -0.15) is 0 Å². The first-order valence-electron chi connectivity index (χ1n) is 11.6. The Morgan fingerprint density at radius 1 is 1.06 bits per heavy atom. The SMILES string of the molecule is COCCOc1ccc(C2c3[nH]c4ccc(Cl)cc4c3CCN2C(=O)OCc2ccccc2)cc1. The minimum absolute atomic E-state index is 0.227. The zero-order chi connectivity index (χ0) is 24.2. The van der Waals surface area contributed by atoms with Crippen LogP contribution in [0, 0.1) is 0 Å². The maximum absolute atomic E-state index is 13.3. The molecule has 1 aliphatic heterocycles. The fourth-order valence-electron chi connectivity index (χ4n) is 4.60. The van der Waals surface area contributed by atoms with E-state index in [1.54, 1.807) is 12.0 Å². The molecule has 0 bridgehead atoms. The zero-order valence-electron chi connectivity index (χ0n) is 19.5. The molecule has 0 aliphatic carbocycles. The number of benzene rings is 3. The highest BCUT2D eigenvalue weighted by Gasteiger charge is 2.35. The van der Waals surface area contributed by atoms with Crippen molar-refractivity contribution in [2.75, 3.05) is 26.9 Å². The van der Waals surface area contributed by atoms with Gasteiger partial charge in [0.15, 0.2) is 0 Å². The van der Waals surface area contributed by atoms with Crippen LogP contribution >= 0.6 is 11.6 Å². The fourth-order valence-corrected chi connectivity index (χ4v) is 4.77. The van der Waals surface area contributed by atoms with Crippen LogP contribution in [0.5, 0.6) is 5.75 Å². The van der Waals surface area contributed by atoms with Gasteiger partial charge >= 0.3 is 6.09 Å². The Labute approximate surface area is 209 Å².